The maximum absolute atomic E-state index is 13.0. The summed E-state index contributed by atoms with van der Waals surface area (Å²) in [5.41, 5.74) is 13.6. The first kappa shape index (κ1) is 22.1. The van der Waals surface area contributed by atoms with Crippen LogP contribution in [0.3, 0.4) is 0 Å². The van der Waals surface area contributed by atoms with E-state index >= 15 is 0 Å². The molecular formula is C22H29N3O4. The van der Waals surface area contributed by atoms with Crippen LogP contribution in [0.5, 0.6) is 11.5 Å². The number of para-hydroxylation sites is 1. The normalized spacial score (nSPS) is 10.4. The minimum Gasteiger partial charge on any atom is -0.495 e. The summed E-state index contributed by atoms with van der Waals surface area (Å²) in [5.74, 6) is 0.540. The highest BCUT2D eigenvalue weighted by atomic mass is 16.5. The second kappa shape index (κ2) is 10.4. The molecule has 2 rings (SSSR count). The van der Waals surface area contributed by atoms with Crippen molar-refractivity contribution in [1.82, 2.24) is 0 Å². The quantitative estimate of drug-likeness (QED) is 0.471. The molecule has 0 aliphatic rings. The fraction of sp³-hybridized carbons (Fsp3) is 0.364. The van der Waals surface area contributed by atoms with Crippen molar-refractivity contribution in [3.8, 4) is 11.5 Å². The molecule has 0 bridgehead atoms. The summed E-state index contributed by atoms with van der Waals surface area (Å²) in [5, 5.41) is 0. The smallest absolute Gasteiger partial charge is 0.260 e. The molecule has 0 saturated heterocycles. The maximum atomic E-state index is 13.0. The van der Waals surface area contributed by atoms with Gasteiger partial charge in [0, 0.05) is 13.5 Å². The molecule has 0 unspecified atom stereocenters. The summed E-state index contributed by atoms with van der Waals surface area (Å²) in [4.78, 5) is 25.4. The van der Waals surface area contributed by atoms with Crippen LogP contribution < -0.4 is 25.8 Å². The molecule has 0 spiro atoms. The van der Waals surface area contributed by atoms with E-state index in [4.69, 9.17) is 20.9 Å². The summed E-state index contributed by atoms with van der Waals surface area (Å²) >= 11 is 0. The average Bonchev–Trinajstić information content (AvgIpc) is 2.69. The molecule has 29 heavy (non-hydrogen) atoms. The predicted octanol–water partition coefficient (Wildman–Crippen LogP) is 3.29. The van der Waals surface area contributed by atoms with Crippen LogP contribution in [0.2, 0.25) is 0 Å². The van der Waals surface area contributed by atoms with E-state index in [0.717, 1.165) is 24.8 Å². The zero-order valence-corrected chi connectivity index (χ0v) is 17.2. The number of carbonyl (C=O) groups excluding carboxylic acids is 2. The number of aryl methyl sites for hydroxylation is 1. The van der Waals surface area contributed by atoms with Crippen molar-refractivity contribution in [3.05, 3.63) is 47.5 Å². The first-order valence-corrected chi connectivity index (χ1v) is 9.57. The molecule has 156 valence electrons. The standard InChI is InChI=1S/C22H29N3O4/c1-15-11-12-17(19(14-15)29-13-6-4-5-10-20(23)26)25(2)22(27)16-8-7-9-18(28-3)21(16)24/h7-9,11-12,14H,4-6,10,13,24H2,1-3H3,(H2,23,26). The van der Waals surface area contributed by atoms with E-state index in [1.807, 2.05) is 25.1 Å². The maximum Gasteiger partial charge on any atom is 0.260 e. The van der Waals surface area contributed by atoms with E-state index in [1.165, 1.54) is 12.0 Å². The van der Waals surface area contributed by atoms with Crippen LogP contribution in [0.15, 0.2) is 36.4 Å². The van der Waals surface area contributed by atoms with Gasteiger partial charge in [0.05, 0.1) is 30.7 Å². The van der Waals surface area contributed by atoms with Crippen molar-refractivity contribution in [1.29, 1.82) is 0 Å². The number of rotatable bonds is 10. The molecule has 0 atom stereocenters. The lowest BCUT2D eigenvalue weighted by molar-refractivity contribution is -0.118. The van der Waals surface area contributed by atoms with Crippen molar-refractivity contribution in [3.63, 3.8) is 0 Å². The highest BCUT2D eigenvalue weighted by molar-refractivity contribution is 6.10. The van der Waals surface area contributed by atoms with Gasteiger partial charge in [0.15, 0.2) is 0 Å². The lowest BCUT2D eigenvalue weighted by Crippen LogP contribution is -2.27. The van der Waals surface area contributed by atoms with Gasteiger partial charge in [0.25, 0.3) is 5.91 Å². The summed E-state index contributed by atoms with van der Waals surface area (Å²) in [6.07, 6.45) is 2.77. The fourth-order valence-corrected chi connectivity index (χ4v) is 2.97. The third-order valence-corrected chi connectivity index (χ3v) is 4.62. The number of anilines is 2. The minimum absolute atomic E-state index is 0.253. The molecule has 7 heteroatoms. The van der Waals surface area contributed by atoms with Gasteiger partial charge in [-0.05, 0) is 56.0 Å². The van der Waals surface area contributed by atoms with Crippen LogP contribution in [-0.2, 0) is 4.79 Å². The van der Waals surface area contributed by atoms with Gasteiger partial charge in [-0.25, -0.2) is 0 Å². The van der Waals surface area contributed by atoms with Gasteiger partial charge in [0.1, 0.15) is 11.5 Å². The van der Waals surface area contributed by atoms with E-state index in [0.29, 0.717) is 41.5 Å². The summed E-state index contributed by atoms with van der Waals surface area (Å²) < 4.78 is 11.2. The van der Waals surface area contributed by atoms with Gasteiger partial charge >= 0.3 is 0 Å². The van der Waals surface area contributed by atoms with Crippen LogP contribution in [-0.4, -0.2) is 32.6 Å². The molecule has 0 aromatic heterocycles. The van der Waals surface area contributed by atoms with Gasteiger partial charge in [-0.3, -0.25) is 9.59 Å². The Hall–Kier alpha value is -3.22. The van der Waals surface area contributed by atoms with Crippen LogP contribution in [0.1, 0.15) is 41.6 Å². The second-order valence-corrected chi connectivity index (χ2v) is 6.88. The van der Waals surface area contributed by atoms with Crippen molar-refractivity contribution in [2.75, 3.05) is 31.4 Å². The molecule has 4 N–H and O–H groups in total. The van der Waals surface area contributed by atoms with Crippen molar-refractivity contribution in [2.24, 2.45) is 5.73 Å². The lowest BCUT2D eigenvalue weighted by atomic mass is 10.1. The number of amides is 2. The molecule has 7 nitrogen and oxygen atoms in total. The number of carbonyl (C=O) groups is 2. The van der Waals surface area contributed by atoms with Crippen molar-refractivity contribution in [2.45, 2.75) is 32.6 Å². The Labute approximate surface area is 171 Å². The highest BCUT2D eigenvalue weighted by Crippen LogP contribution is 2.32. The summed E-state index contributed by atoms with van der Waals surface area (Å²) in [7, 11) is 3.20. The first-order chi connectivity index (χ1) is 13.8. The Balaban J connectivity index is 2.13. The number of nitrogens with two attached hydrogens (primary N) is 2. The van der Waals surface area contributed by atoms with Gasteiger partial charge < -0.3 is 25.8 Å². The Morgan fingerprint density at radius 2 is 1.83 bits per heavy atom. The predicted molar refractivity (Wildman–Crippen MR) is 114 cm³/mol. The average molecular weight is 399 g/mol. The molecule has 2 aromatic rings. The van der Waals surface area contributed by atoms with Gasteiger partial charge in [0.2, 0.25) is 5.91 Å². The third-order valence-electron chi connectivity index (χ3n) is 4.62. The Morgan fingerprint density at radius 1 is 1.07 bits per heavy atom. The number of benzene rings is 2. The Bertz CT molecular complexity index is 867. The summed E-state index contributed by atoms with van der Waals surface area (Å²) in [6, 6.07) is 10.8. The lowest BCUT2D eigenvalue weighted by Gasteiger charge is -2.22. The van der Waals surface area contributed by atoms with Crippen LogP contribution >= 0.6 is 0 Å². The molecule has 2 amide bonds. The Morgan fingerprint density at radius 3 is 2.52 bits per heavy atom. The first-order valence-electron chi connectivity index (χ1n) is 9.57. The monoisotopic (exact) mass is 399 g/mol. The van der Waals surface area contributed by atoms with Crippen molar-refractivity contribution >= 4 is 23.2 Å². The summed E-state index contributed by atoms with van der Waals surface area (Å²) in [6.45, 7) is 2.45. The topological polar surface area (TPSA) is 108 Å². The SMILES string of the molecule is COc1cccc(C(=O)N(C)c2ccc(C)cc2OCCCCCC(N)=O)c1N. The largest absolute Gasteiger partial charge is 0.495 e. The van der Waals surface area contributed by atoms with E-state index in [2.05, 4.69) is 0 Å². The number of primary amides is 1. The number of methoxy groups -OCH3 is 1. The molecular weight excluding hydrogens is 370 g/mol. The number of hydrogen-bond donors (Lipinski definition) is 2. The molecule has 2 aromatic carbocycles. The number of nitrogens with zero attached hydrogens (tertiary/aromatic N) is 1. The number of hydrogen-bond acceptors (Lipinski definition) is 5. The molecule has 0 radical (unpaired) electrons. The third kappa shape index (κ3) is 5.88. The number of nitrogen functional groups attached to an aromatic ring is 1. The van der Waals surface area contributed by atoms with Gasteiger partial charge in [-0.1, -0.05) is 12.1 Å². The van der Waals surface area contributed by atoms with Crippen LogP contribution in [0.25, 0.3) is 0 Å². The number of ether oxygens (including phenoxy) is 2. The van der Waals surface area contributed by atoms with E-state index in [1.54, 1.807) is 25.2 Å². The molecule has 0 heterocycles. The fourth-order valence-electron chi connectivity index (χ4n) is 2.97. The van der Waals surface area contributed by atoms with Crippen LogP contribution in [0, 0.1) is 6.92 Å². The van der Waals surface area contributed by atoms with Gasteiger partial charge in [-0.2, -0.15) is 0 Å². The highest BCUT2D eigenvalue weighted by Gasteiger charge is 2.21. The van der Waals surface area contributed by atoms with Gasteiger partial charge in [-0.15, -0.1) is 0 Å². The zero-order chi connectivity index (χ0) is 21.4. The molecule has 0 aliphatic carbocycles. The van der Waals surface area contributed by atoms with Crippen LogP contribution in [0.4, 0.5) is 11.4 Å². The minimum atomic E-state index is -0.288. The molecule has 0 saturated carbocycles. The number of unbranched alkanes of at least 4 members (excludes halogenated alkanes) is 2. The zero-order valence-electron chi connectivity index (χ0n) is 17.2. The molecule has 0 aliphatic heterocycles. The van der Waals surface area contributed by atoms with E-state index in [-0.39, 0.29) is 11.8 Å². The van der Waals surface area contributed by atoms with Crippen molar-refractivity contribution < 1.29 is 19.1 Å². The van der Waals surface area contributed by atoms with E-state index in [9.17, 15) is 9.59 Å². The second-order valence-electron chi connectivity index (χ2n) is 6.88. The van der Waals surface area contributed by atoms with E-state index < -0.39 is 0 Å². The molecule has 0 fully saturated rings. The Kier molecular flexibility index (Phi) is 7.88.